The van der Waals surface area contributed by atoms with Crippen LogP contribution in [-0.4, -0.2) is 48.0 Å². The summed E-state index contributed by atoms with van der Waals surface area (Å²) in [6.45, 7) is 12.0. The fourth-order valence-electron chi connectivity index (χ4n) is 2.28. The first-order valence-corrected chi connectivity index (χ1v) is 6.46. The van der Waals surface area contributed by atoms with Gasteiger partial charge in [0.1, 0.15) is 0 Å². The Morgan fingerprint density at radius 2 is 1.88 bits per heavy atom. The molecule has 3 nitrogen and oxygen atoms in total. The van der Waals surface area contributed by atoms with E-state index in [1.807, 2.05) is 13.8 Å². The van der Waals surface area contributed by atoms with Crippen LogP contribution in [0.25, 0.3) is 0 Å². The van der Waals surface area contributed by atoms with Gasteiger partial charge in [-0.15, -0.1) is 0 Å². The zero-order valence-electron chi connectivity index (χ0n) is 11.2. The smallest absolute Gasteiger partial charge is 0.0620 e. The van der Waals surface area contributed by atoms with E-state index in [2.05, 4.69) is 18.7 Å². The molecule has 0 bridgehead atoms. The van der Waals surface area contributed by atoms with Crippen LogP contribution in [0.15, 0.2) is 0 Å². The summed E-state index contributed by atoms with van der Waals surface area (Å²) in [5.41, 5.74) is -0.513. The van der Waals surface area contributed by atoms with Crippen LogP contribution < -0.4 is 0 Å². The zero-order chi connectivity index (χ0) is 12.2. The van der Waals surface area contributed by atoms with Gasteiger partial charge in [-0.25, -0.2) is 0 Å². The van der Waals surface area contributed by atoms with Crippen LogP contribution in [0.4, 0.5) is 0 Å². The number of piperidine rings is 1. The van der Waals surface area contributed by atoms with E-state index < -0.39 is 5.60 Å². The maximum absolute atomic E-state index is 9.93. The molecule has 3 heteroatoms. The molecule has 0 saturated carbocycles. The molecule has 0 atom stereocenters. The highest BCUT2D eigenvalue weighted by molar-refractivity contribution is 4.82. The van der Waals surface area contributed by atoms with Crippen LogP contribution >= 0.6 is 0 Å². The van der Waals surface area contributed by atoms with E-state index in [1.165, 1.54) is 0 Å². The first-order chi connectivity index (χ1) is 7.39. The van der Waals surface area contributed by atoms with Gasteiger partial charge in [-0.05, 0) is 59.5 Å². The van der Waals surface area contributed by atoms with Crippen molar-refractivity contribution in [2.75, 3.05) is 26.2 Å². The van der Waals surface area contributed by atoms with E-state index in [4.69, 9.17) is 4.74 Å². The normalized spacial score (nSPS) is 20.6. The lowest BCUT2D eigenvalue weighted by molar-refractivity contribution is -0.0183. The fourth-order valence-corrected chi connectivity index (χ4v) is 2.28. The summed E-state index contributed by atoms with van der Waals surface area (Å²) in [4.78, 5) is 2.44. The summed E-state index contributed by atoms with van der Waals surface area (Å²) in [6.07, 6.45) is 2.53. The number of nitrogens with zero attached hydrogens (tertiary/aromatic N) is 1. The maximum Gasteiger partial charge on any atom is 0.0620 e. The summed E-state index contributed by atoms with van der Waals surface area (Å²) < 4.78 is 5.55. The third-order valence-electron chi connectivity index (χ3n) is 3.45. The summed E-state index contributed by atoms with van der Waals surface area (Å²) in [6, 6.07) is 0. The number of hydrogen-bond donors (Lipinski definition) is 1. The van der Waals surface area contributed by atoms with Crippen molar-refractivity contribution in [3.8, 4) is 0 Å². The Balaban J connectivity index is 2.17. The fraction of sp³-hybridized carbons (Fsp3) is 1.00. The molecule has 0 spiro atoms. The van der Waals surface area contributed by atoms with Gasteiger partial charge < -0.3 is 14.7 Å². The standard InChI is InChI=1S/C13H27NO2/c1-11(2)16-10-9-14-7-5-12(6-8-14)13(3,4)15/h11-12,15H,5-10H2,1-4H3. The molecule has 0 unspecified atom stereocenters. The van der Waals surface area contributed by atoms with Crippen LogP contribution in [0.2, 0.25) is 0 Å². The van der Waals surface area contributed by atoms with Gasteiger partial charge in [0.15, 0.2) is 0 Å². The molecule has 1 saturated heterocycles. The number of likely N-dealkylation sites (tertiary alicyclic amines) is 1. The largest absolute Gasteiger partial charge is 0.390 e. The van der Waals surface area contributed by atoms with Crippen LogP contribution in [0, 0.1) is 5.92 Å². The Morgan fingerprint density at radius 3 is 2.31 bits per heavy atom. The highest BCUT2D eigenvalue weighted by Gasteiger charge is 2.30. The molecule has 1 aliphatic rings. The number of hydrogen-bond acceptors (Lipinski definition) is 3. The predicted molar refractivity (Wildman–Crippen MR) is 66.5 cm³/mol. The zero-order valence-corrected chi connectivity index (χ0v) is 11.2. The van der Waals surface area contributed by atoms with Crippen molar-refractivity contribution in [2.24, 2.45) is 5.92 Å². The highest BCUT2D eigenvalue weighted by Crippen LogP contribution is 2.27. The molecule has 1 rings (SSSR count). The minimum atomic E-state index is -0.513. The maximum atomic E-state index is 9.93. The van der Waals surface area contributed by atoms with Crippen molar-refractivity contribution in [3.63, 3.8) is 0 Å². The van der Waals surface area contributed by atoms with Crippen molar-refractivity contribution in [1.29, 1.82) is 0 Å². The Labute approximate surface area is 99.8 Å². The Kier molecular flexibility index (Phi) is 5.22. The van der Waals surface area contributed by atoms with Gasteiger partial charge in [0.25, 0.3) is 0 Å². The summed E-state index contributed by atoms with van der Waals surface area (Å²) >= 11 is 0. The SMILES string of the molecule is CC(C)OCCN1CCC(C(C)(C)O)CC1. The molecular weight excluding hydrogens is 202 g/mol. The topological polar surface area (TPSA) is 32.7 Å². The van der Waals surface area contributed by atoms with Crippen LogP contribution in [-0.2, 0) is 4.74 Å². The molecule has 1 N–H and O–H groups in total. The number of aliphatic hydroxyl groups is 1. The number of ether oxygens (including phenoxy) is 1. The minimum Gasteiger partial charge on any atom is -0.390 e. The molecule has 1 fully saturated rings. The van der Waals surface area contributed by atoms with Gasteiger partial charge in [0.05, 0.1) is 18.3 Å². The lowest BCUT2D eigenvalue weighted by Gasteiger charge is -2.37. The Morgan fingerprint density at radius 1 is 1.31 bits per heavy atom. The van der Waals surface area contributed by atoms with Gasteiger partial charge in [0.2, 0.25) is 0 Å². The predicted octanol–water partition coefficient (Wildman–Crippen LogP) is 1.89. The monoisotopic (exact) mass is 229 g/mol. The van der Waals surface area contributed by atoms with Crippen LogP contribution in [0.5, 0.6) is 0 Å². The quantitative estimate of drug-likeness (QED) is 0.781. The minimum absolute atomic E-state index is 0.328. The molecule has 16 heavy (non-hydrogen) atoms. The lowest BCUT2D eigenvalue weighted by atomic mass is 9.83. The first-order valence-electron chi connectivity index (χ1n) is 6.46. The second kappa shape index (κ2) is 5.99. The second-order valence-electron chi connectivity index (χ2n) is 5.69. The summed E-state index contributed by atoms with van der Waals surface area (Å²) in [5.74, 6) is 0.453. The van der Waals surface area contributed by atoms with Crippen molar-refractivity contribution in [1.82, 2.24) is 4.90 Å². The first kappa shape index (κ1) is 13.9. The molecular formula is C13H27NO2. The third-order valence-corrected chi connectivity index (χ3v) is 3.45. The molecule has 0 radical (unpaired) electrons. The molecule has 1 aliphatic heterocycles. The molecule has 0 amide bonds. The van der Waals surface area contributed by atoms with E-state index >= 15 is 0 Å². The van der Waals surface area contributed by atoms with Gasteiger partial charge >= 0.3 is 0 Å². The summed E-state index contributed by atoms with van der Waals surface area (Å²) in [5, 5.41) is 9.93. The van der Waals surface area contributed by atoms with Gasteiger partial charge in [-0.3, -0.25) is 0 Å². The average molecular weight is 229 g/mol. The highest BCUT2D eigenvalue weighted by atomic mass is 16.5. The van der Waals surface area contributed by atoms with E-state index in [0.29, 0.717) is 12.0 Å². The van der Waals surface area contributed by atoms with Gasteiger partial charge in [0, 0.05) is 6.54 Å². The molecule has 0 aromatic carbocycles. The van der Waals surface area contributed by atoms with Crippen LogP contribution in [0.3, 0.4) is 0 Å². The second-order valence-corrected chi connectivity index (χ2v) is 5.69. The Hall–Kier alpha value is -0.120. The van der Waals surface area contributed by atoms with E-state index in [-0.39, 0.29) is 0 Å². The Bertz CT molecular complexity index is 191. The number of rotatable bonds is 5. The van der Waals surface area contributed by atoms with Crippen molar-refractivity contribution in [3.05, 3.63) is 0 Å². The molecule has 1 heterocycles. The summed E-state index contributed by atoms with van der Waals surface area (Å²) in [7, 11) is 0. The van der Waals surface area contributed by atoms with E-state index in [0.717, 1.165) is 39.1 Å². The van der Waals surface area contributed by atoms with Crippen molar-refractivity contribution in [2.45, 2.75) is 52.2 Å². The molecule has 0 aromatic heterocycles. The van der Waals surface area contributed by atoms with Gasteiger partial charge in [-0.1, -0.05) is 0 Å². The van der Waals surface area contributed by atoms with Crippen molar-refractivity contribution >= 4 is 0 Å². The van der Waals surface area contributed by atoms with Crippen LogP contribution in [0.1, 0.15) is 40.5 Å². The third kappa shape index (κ3) is 4.81. The van der Waals surface area contributed by atoms with Gasteiger partial charge in [-0.2, -0.15) is 0 Å². The van der Waals surface area contributed by atoms with E-state index in [9.17, 15) is 5.11 Å². The molecule has 96 valence electrons. The van der Waals surface area contributed by atoms with E-state index in [1.54, 1.807) is 0 Å². The molecule has 0 aromatic rings. The average Bonchev–Trinajstić information content (AvgIpc) is 2.16. The lowest BCUT2D eigenvalue weighted by Crippen LogP contribution is -2.42. The molecule has 0 aliphatic carbocycles. The van der Waals surface area contributed by atoms with Crippen molar-refractivity contribution < 1.29 is 9.84 Å².